The van der Waals surface area contributed by atoms with Crippen molar-refractivity contribution < 1.29 is 4.79 Å². The second-order valence-electron chi connectivity index (χ2n) is 9.88. The molecule has 3 heteroatoms. The zero-order valence-corrected chi connectivity index (χ0v) is 18.5. The van der Waals surface area contributed by atoms with Crippen LogP contribution in [0.4, 0.5) is 0 Å². The number of allylic oxidation sites excluding steroid dienone is 1. The molecule has 2 aromatic carbocycles. The summed E-state index contributed by atoms with van der Waals surface area (Å²) in [6.07, 6.45) is 8.83. The van der Waals surface area contributed by atoms with Gasteiger partial charge in [0.2, 0.25) is 0 Å². The molecule has 1 N–H and O–H groups in total. The van der Waals surface area contributed by atoms with Crippen molar-refractivity contribution in [2.45, 2.75) is 37.6 Å². The average molecular weight is 423 g/mol. The Kier molecular flexibility index (Phi) is 4.69. The molecule has 1 saturated carbocycles. The number of piperidine rings is 1. The van der Waals surface area contributed by atoms with E-state index in [-0.39, 0.29) is 5.54 Å². The minimum absolute atomic E-state index is 0.0591. The summed E-state index contributed by atoms with van der Waals surface area (Å²) in [5, 5.41) is 1.36. The first kappa shape index (κ1) is 19.8. The Morgan fingerprint density at radius 2 is 1.88 bits per heavy atom. The van der Waals surface area contributed by atoms with Crippen LogP contribution in [0.15, 0.2) is 72.8 Å². The summed E-state index contributed by atoms with van der Waals surface area (Å²) in [5.41, 5.74) is 6.17. The van der Waals surface area contributed by atoms with Crippen molar-refractivity contribution in [3.8, 4) is 0 Å². The number of carbonyl (C=O) groups excluding carboxylic acids is 1. The first-order valence-corrected chi connectivity index (χ1v) is 11.9. The third-order valence-electron chi connectivity index (χ3n) is 8.15. The minimum atomic E-state index is -0.0591. The Morgan fingerprint density at radius 1 is 1.06 bits per heavy atom. The lowest BCUT2D eigenvalue weighted by molar-refractivity contribution is -0.121. The van der Waals surface area contributed by atoms with Gasteiger partial charge in [-0.3, -0.25) is 9.69 Å². The highest BCUT2D eigenvalue weighted by molar-refractivity contribution is 6.00. The maximum atomic E-state index is 13.2. The topological polar surface area (TPSA) is 36.1 Å². The lowest BCUT2D eigenvalue weighted by Crippen LogP contribution is -2.58. The highest BCUT2D eigenvalue weighted by atomic mass is 16.1. The van der Waals surface area contributed by atoms with Gasteiger partial charge >= 0.3 is 0 Å². The Balaban J connectivity index is 1.36. The predicted molar refractivity (Wildman–Crippen MR) is 130 cm³/mol. The van der Waals surface area contributed by atoms with Gasteiger partial charge in [-0.05, 0) is 66.4 Å². The number of carbonyl (C=O) groups is 1. The van der Waals surface area contributed by atoms with E-state index in [4.69, 9.17) is 0 Å². The normalized spacial score (nSPS) is 28.9. The molecule has 0 spiro atoms. The molecule has 3 aromatic rings. The van der Waals surface area contributed by atoms with Crippen molar-refractivity contribution in [3.63, 3.8) is 0 Å². The number of H-pyrrole nitrogens is 1. The Bertz CT molecular complexity index is 1220. The summed E-state index contributed by atoms with van der Waals surface area (Å²) in [6, 6.07) is 19.0. The fourth-order valence-corrected chi connectivity index (χ4v) is 6.68. The van der Waals surface area contributed by atoms with E-state index in [1.165, 1.54) is 22.2 Å². The zero-order valence-electron chi connectivity index (χ0n) is 18.5. The van der Waals surface area contributed by atoms with Crippen molar-refractivity contribution in [3.05, 3.63) is 89.6 Å². The highest BCUT2D eigenvalue weighted by Gasteiger charge is 2.51. The van der Waals surface area contributed by atoms with Crippen molar-refractivity contribution in [1.82, 2.24) is 9.88 Å². The van der Waals surface area contributed by atoms with E-state index in [0.717, 1.165) is 49.9 Å². The van der Waals surface area contributed by atoms with E-state index < -0.39 is 0 Å². The quantitative estimate of drug-likeness (QED) is 0.423. The standard InChI is InChI=1S/C29H30N2O/c1-2-13-29-18-22-17-27(32)21(15-20-8-4-3-5-9-20)16-23(22)19-31(29)14-12-25-24-10-6-7-11-26(24)30-28(25)29/h2-11,15,22-23,30H,1,12-14,16-19H2/b21-15+/t22?,23?,29-/m0/s1. The van der Waals surface area contributed by atoms with E-state index in [9.17, 15) is 4.79 Å². The third-order valence-corrected chi connectivity index (χ3v) is 8.15. The van der Waals surface area contributed by atoms with E-state index in [1.54, 1.807) is 0 Å². The van der Waals surface area contributed by atoms with Crippen LogP contribution in [0.3, 0.4) is 0 Å². The molecule has 3 atom stereocenters. The highest BCUT2D eigenvalue weighted by Crippen LogP contribution is 2.52. The van der Waals surface area contributed by atoms with Crippen LogP contribution in [0.1, 0.15) is 42.5 Å². The number of hydrogen-bond acceptors (Lipinski definition) is 2. The summed E-state index contributed by atoms with van der Waals surface area (Å²) >= 11 is 0. The number of nitrogens with zero attached hydrogens (tertiary/aromatic N) is 1. The monoisotopic (exact) mass is 422 g/mol. The SMILES string of the molecule is C=CC[C@@]12CC3CC(=O)/C(=C/c4ccccc4)CC3CN1CCc1c2[nH]c2ccccc12. The number of aromatic amines is 1. The van der Waals surface area contributed by atoms with Crippen molar-refractivity contribution in [2.24, 2.45) is 11.8 Å². The number of benzene rings is 2. The molecule has 3 heterocycles. The summed E-state index contributed by atoms with van der Waals surface area (Å²) < 4.78 is 0. The largest absolute Gasteiger partial charge is 0.357 e. The molecular weight excluding hydrogens is 392 g/mol. The van der Waals surface area contributed by atoms with Crippen molar-refractivity contribution in [1.29, 1.82) is 0 Å². The van der Waals surface area contributed by atoms with Gasteiger partial charge in [-0.25, -0.2) is 0 Å². The second-order valence-corrected chi connectivity index (χ2v) is 9.88. The number of aromatic nitrogens is 1. The van der Waals surface area contributed by atoms with Gasteiger partial charge in [0.1, 0.15) is 0 Å². The van der Waals surface area contributed by atoms with Crippen molar-refractivity contribution in [2.75, 3.05) is 13.1 Å². The maximum absolute atomic E-state index is 13.2. The van der Waals surface area contributed by atoms with Gasteiger partial charge < -0.3 is 4.98 Å². The van der Waals surface area contributed by atoms with Crippen LogP contribution in [0, 0.1) is 11.8 Å². The lowest BCUT2D eigenvalue weighted by Gasteiger charge is -2.55. The molecule has 1 aliphatic carbocycles. The van der Waals surface area contributed by atoms with Crippen LogP contribution in [0.2, 0.25) is 0 Å². The second kappa shape index (κ2) is 7.60. The zero-order chi connectivity index (χ0) is 21.7. The maximum Gasteiger partial charge on any atom is 0.159 e. The number of para-hydroxylation sites is 1. The summed E-state index contributed by atoms with van der Waals surface area (Å²) in [4.78, 5) is 19.7. The molecule has 6 rings (SSSR count). The fraction of sp³-hybridized carbons (Fsp3) is 0.345. The van der Waals surface area contributed by atoms with Gasteiger partial charge in [0.25, 0.3) is 0 Å². The molecule has 3 nitrogen and oxygen atoms in total. The molecule has 2 unspecified atom stereocenters. The number of rotatable bonds is 3. The first-order valence-electron chi connectivity index (χ1n) is 11.9. The fourth-order valence-electron chi connectivity index (χ4n) is 6.68. The van der Waals surface area contributed by atoms with Crippen molar-refractivity contribution >= 4 is 22.8 Å². The van der Waals surface area contributed by atoms with E-state index in [0.29, 0.717) is 24.0 Å². The van der Waals surface area contributed by atoms with Crippen LogP contribution in [-0.4, -0.2) is 28.8 Å². The number of fused-ring (bicyclic) bond motifs is 6. The summed E-state index contributed by atoms with van der Waals surface area (Å²) in [5.74, 6) is 1.32. The number of hydrogen-bond donors (Lipinski definition) is 1. The van der Waals surface area contributed by atoms with Crippen LogP contribution >= 0.6 is 0 Å². The number of Topliss-reactive ketones (excluding diaryl/α,β-unsaturated/α-hetero) is 1. The Labute approximate surface area is 189 Å². The molecule has 0 amide bonds. The van der Waals surface area contributed by atoms with E-state index in [1.807, 2.05) is 18.2 Å². The van der Waals surface area contributed by atoms with Gasteiger partial charge in [0.05, 0.1) is 5.54 Å². The minimum Gasteiger partial charge on any atom is -0.357 e. The molecule has 0 bridgehead atoms. The Morgan fingerprint density at radius 3 is 2.72 bits per heavy atom. The summed E-state index contributed by atoms with van der Waals surface area (Å²) in [6.45, 7) is 6.27. The van der Waals surface area contributed by atoms with Crippen LogP contribution in [0.25, 0.3) is 17.0 Å². The van der Waals surface area contributed by atoms with Crippen LogP contribution in [0.5, 0.6) is 0 Å². The number of ketones is 1. The molecule has 1 saturated heterocycles. The van der Waals surface area contributed by atoms with Crippen LogP contribution < -0.4 is 0 Å². The van der Waals surface area contributed by atoms with Gasteiger partial charge in [-0.15, -0.1) is 6.58 Å². The predicted octanol–water partition coefficient (Wildman–Crippen LogP) is 5.88. The van der Waals surface area contributed by atoms with Crippen LogP contribution in [-0.2, 0) is 16.8 Å². The molecular formula is C29H30N2O. The average Bonchev–Trinajstić information content (AvgIpc) is 3.19. The molecule has 162 valence electrons. The summed E-state index contributed by atoms with van der Waals surface area (Å²) in [7, 11) is 0. The number of nitrogens with one attached hydrogen (secondary N) is 1. The van der Waals surface area contributed by atoms with Gasteiger partial charge in [0.15, 0.2) is 5.78 Å². The first-order chi connectivity index (χ1) is 15.7. The third kappa shape index (κ3) is 3.02. The van der Waals surface area contributed by atoms with Gasteiger partial charge in [0, 0.05) is 36.1 Å². The van der Waals surface area contributed by atoms with E-state index in [2.05, 4.69) is 65.0 Å². The molecule has 2 aliphatic heterocycles. The Hall–Kier alpha value is -2.91. The molecule has 32 heavy (non-hydrogen) atoms. The molecule has 1 aromatic heterocycles. The molecule has 3 aliphatic rings. The van der Waals surface area contributed by atoms with Gasteiger partial charge in [-0.1, -0.05) is 54.6 Å². The van der Waals surface area contributed by atoms with Gasteiger partial charge in [-0.2, -0.15) is 0 Å². The molecule has 2 fully saturated rings. The molecule has 0 radical (unpaired) electrons. The lowest BCUT2D eigenvalue weighted by atomic mass is 9.63. The smallest absolute Gasteiger partial charge is 0.159 e. The van der Waals surface area contributed by atoms with E-state index >= 15 is 0 Å².